The molecule has 0 aromatic heterocycles. The van der Waals surface area contributed by atoms with E-state index in [2.05, 4.69) is 52.7 Å². The maximum Gasteiger partial charge on any atom is 0.305 e. The molecule has 0 aromatic rings. The zero-order valence-corrected chi connectivity index (χ0v) is 30.2. The molecule has 0 aliphatic rings. The van der Waals surface area contributed by atoms with Crippen molar-refractivity contribution in [3.8, 4) is 0 Å². The van der Waals surface area contributed by atoms with Gasteiger partial charge in [-0.15, -0.1) is 0 Å². The normalized spacial score (nSPS) is 11.2. The van der Waals surface area contributed by atoms with E-state index in [1.54, 1.807) is 0 Å². The van der Waals surface area contributed by atoms with Crippen molar-refractivity contribution in [2.24, 2.45) is 11.5 Å². The van der Waals surface area contributed by atoms with E-state index in [9.17, 15) is 43.2 Å². The average Bonchev–Trinajstić information content (AvgIpc) is 3.07. The SMILES string of the molecule is CC.CCC.CCC(=O)NC(CC(=O)O)C(=O)NC(CCC(N)=O)C(=O)NCC(=O)NCC(=O)NCC(=O)NC(C)C(=O)NO.CCCCN. The molecule has 50 heavy (non-hydrogen) atoms. The van der Waals surface area contributed by atoms with E-state index in [1.807, 2.05) is 13.8 Å². The summed E-state index contributed by atoms with van der Waals surface area (Å²) in [7, 11) is 0. The van der Waals surface area contributed by atoms with Gasteiger partial charge in [-0.05, 0) is 26.3 Å². The van der Waals surface area contributed by atoms with Gasteiger partial charge in [-0.1, -0.05) is 54.4 Å². The number of amides is 8. The second kappa shape index (κ2) is 34.0. The Morgan fingerprint density at radius 1 is 0.680 bits per heavy atom. The van der Waals surface area contributed by atoms with Crippen LogP contribution in [0.4, 0.5) is 0 Å². The molecule has 290 valence electrons. The van der Waals surface area contributed by atoms with Crippen molar-refractivity contribution in [2.45, 2.75) is 112 Å². The van der Waals surface area contributed by atoms with Crippen molar-refractivity contribution >= 4 is 53.2 Å². The quantitative estimate of drug-likeness (QED) is 0.0465. The predicted molar refractivity (Wildman–Crippen MR) is 183 cm³/mol. The molecule has 0 aliphatic carbocycles. The van der Waals surface area contributed by atoms with Crippen LogP contribution in [0.25, 0.3) is 0 Å². The third-order valence-electron chi connectivity index (χ3n) is 5.42. The zero-order chi connectivity index (χ0) is 39.7. The van der Waals surface area contributed by atoms with Crippen LogP contribution in [0.5, 0.6) is 0 Å². The first-order valence-electron chi connectivity index (χ1n) is 16.4. The van der Waals surface area contributed by atoms with E-state index in [4.69, 9.17) is 21.8 Å². The molecule has 0 fully saturated rings. The molecule has 8 amide bonds. The van der Waals surface area contributed by atoms with Crippen LogP contribution in [0.3, 0.4) is 0 Å². The van der Waals surface area contributed by atoms with Crippen molar-refractivity contribution in [1.29, 1.82) is 0 Å². The van der Waals surface area contributed by atoms with Gasteiger partial charge in [0.25, 0.3) is 5.91 Å². The van der Waals surface area contributed by atoms with Crippen LogP contribution >= 0.6 is 0 Å². The van der Waals surface area contributed by atoms with E-state index in [0.717, 1.165) is 6.54 Å². The molecular formula is C30H59N9O11. The largest absolute Gasteiger partial charge is 0.481 e. The molecule has 13 N–H and O–H groups in total. The van der Waals surface area contributed by atoms with Gasteiger partial charge in [0.15, 0.2) is 0 Å². The molecule has 3 atom stereocenters. The van der Waals surface area contributed by atoms with Gasteiger partial charge in [-0.25, -0.2) is 5.48 Å². The van der Waals surface area contributed by atoms with Gasteiger partial charge in [-0.2, -0.15) is 0 Å². The highest BCUT2D eigenvalue weighted by molar-refractivity contribution is 5.95. The lowest BCUT2D eigenvalue weighted by Gasteiger charge is -2.22. The van der Waals surface area contributed by atoms with Crippen LogP contribution in [0.1, 0.15) is 93.4 Å². The minimum atomic E-state index is -1.52. The summed E-state index contributed by atoms with van der Waals surface area (Å²) >= 11 is 0. The van der Waals surface area contributed by atoms with Gasteiger partial charge < -0.3 is 48.5 Å². The van der Waals surface area contributed by atoms with E-state index in [1.165, 1.54) is 38.6 Å². The standard InChI is InChI=1S/C21H34N8O11.C4H11N.C3H8.C2H6/c1-3-14(31)27-12(6-18(35)36)21(39)28-11(4-5-13(22)30)20(38)25-8-16(33)23-7-15(32)24-9-17(34)26-10(2)19(37)29-40;1-2-3-4-5;1-3-2;1-2/h10-12,40H,3-9H2,1-2H3,(H2,22,30)(H,23,33)(H,24,32)(H,25,38)(H,26,34)(H,27,31)(H,28,39)(H,29,37)(H,35,36);2-5H2,1H3;3H2,1-2H3;1-2H3. The topological polar surface area (TPSA) is 330 Å². The smallest absolute Gasteiger partial charge is 0.305 e. The molecule has 0 bridgehead atoms. The van der Waals surface area contributed by atoms with Crippen LogP contribution in [0, 0.1) is 0 Å². The molecule has 0 aliphatic heterocycles. The van der Waals surface area contributed by atoms with Crippen molar-refractivity contribution in [3.05, 3.63) is 0 Å². The third kappa shape index (κ3) is 31.7. The summed E-state index contributed by atoms with van der Waals surface area (Å²) < 4.78 is 0. The summed E-state index contributed by atoms with van der Waals surface area (Å²) in [6.45, 7) is 12.2. The Bertz CT molecular complexity index is 1060. The number of carboxylic acids is 1. The third-order valence-corrected chi connectivity index (χ3v) is 5.42. The molecule has 3 unspecified atom stereocenters. The number of hydroxylamine groups is 1. The molecule has 20 nitrogen and oxygen atoms in total. The first-order chi connectivity index (χ1) is 23.5. The number of nitrogens with one attached hydrogen (secondary N) is 7. The fourth-order valence-corrected chi connectivity index (χ4v) is 2.94. The Morgan fingerprint density at radius 2 is 1.18 bits per heavy atom. The molecule has 0 spiro atoms. The molecular weight excluding hydrogens is 662 g/mol. The fraction of sp³-hybridized carbons (Fsp3) is 0.700. The minimum absolute atomic E-state index is 0.0438. The Morgan fingerprint density at radius 3 is 1.58 bits per heavy atom. The number of unbranched alkanes of at least 4 members (excludes halogenated alkanes) is 1. The lowest BCUT2D eigenvalue weighted by atomic mass is 10.1. The molecule has 0 saturated carbocycles. The van der Waals surface area contributed by atoms with Gasteiger partial charge in [0.05, 0.1) is 26.1 Å². The second-order valence-electron chi connectivity index (χ2n) is 10.0. The second-order valence-corrected chi connectivity index (χ2v) is 10.0. The summed E-state index contributed by atoms with van der Waals surface area (Å²) in [5, 5.41) is 30.6. The number of hydrogen-bond acceptors (Lipinski definition) is 11. The van der Waals surface area contributed by atoms with E-state index >= 15 is 0 Å². The van der Waals surface area contributed by atoms with E-state index < -0.39 is 97.4 Å². The first kappa shape index (κ1) is 52.0. The summed E-state index contributed by atoms with van der Waals surface area (Å²) in [4.78, 5) is 106. The van der Waals surface area contributed by atoms with Crippen LogP contribution in [0.15, 0.2) is 0 Å². The highest BCUT2D eigenvalue weighted by Gasteiger charge is 2.28. The Labute approximate surface area is 293 Å². The molecule has 0 saturated heterocycles. The lowest BCUT2D eigenvalue weighted by Crippen LogP contribution is -2.55. The van der Waals surface area contributed by atoms with Gasteiger partial charge in [0.2, 0.25) is 41.4 Å². The number of carbonyl (C=O) groups is 9. The Kier molecular flexibility index (Phi) is 35.4. The van der Waals surface area contributed by atoms with Gasteiger partial charge in [0, 0.05) is 12.8 Å². The van der Waals surface area contributed by atoms with Crippen LogP contribution in [-0.2, 0) is 43.2 Å². The van der Waals surface area contributed by atoms with Crippen molar-refractivity contribution in [3.63, 3.8) is 0 Å². The van der Waals surface area contributed by atoms with Crippen molar-refractivity contribution in [1.82, 2.24) is 37.4 Å². The number of rotatable bonds is 20. The van der Waals surface area contributed by atoms with Gasteiger partial charge in [-0.3, -0.25) is 48.4 Å². The highest BCUT2D eigenvalue weighted by Crippen LogP contribution is 2.01. The lowest BCUT2D eigenvalue weighted by molar-refractivity contribution is -0.141. The van der Waals surface area contributed by atoms with Crippen LogP contribution < -0.4 is 48.8 Å². The van der Waals surface area contributed by atoms with E-state index in [0.29, 0.717) is 0 Å². The van der Waals surface area contributed by atoms with Crippen LogP contribution in [-0.4, -0.2) is 108 Å². The van der Waals surface area contributed by atoms with E-state index in [-0.39, 0.29) is 19.3 Å². The molecule has 20 heteroatoms. The van der Waals surface area contributed by atoms with Gasteiger partial charge in [0.1, 0.15) is 18.1 Å². The number of carboxylic acid groups (broad SMARTS) is 1. The highest BCUT2D eigenvalue weighted by atomic mass is 16.5. The average molecular weight is 722 g/mol. The van der Waals surface area contributed by atoms with Gasteiger partial charge >= 0.3 is 5.97 Å². The maximum absolute atomic E-state index is 12.6. The maximum atomic E-state index is 12.6. The number of nitrogens with two attached hydrogens (primary N) is 2. The molecule has 0 rings (SSSR count). The number of carbonyl (C=O) groups excluding carboxylic acids is 8. The summed E-state index contributed by atoms with van der Waals surface area (Å²) in [6, 6.07) is -4.03. The summed E-state index contributed by atoms with van der Waals surface area (Å²) in [6.07, 6.45) is 2.14. The molecule has 0 aromatic carbocycles. The number of primary amides is 1. The minimum Gasteiger partial charge on any atom is -0.481 e. The monoisotopic (exact) mass is 721 g/mol. The first-order valence-corrected chi connectivity index (χ1v) is 16.4. The summed E-state index contributed by atoms with van der Waals surface area (Å²) in [5.41, 5.74) is 11.6. The number of hydrogen-bond donors (Lipinski definition) is 11. The summed E-state index contributed by atoms with van der Waals surface area (Å²) in [5.74, 6) is -8.07. The van der Waals surface area contributed by atoms with Crippen molar-refractivity contribution < 1.29 is 53.5 Å². The fourth-order valence-electron chi connectivity index (χ4n) is 2.94. The zero-order valence-electron chi connectivity index (χ0n) is 30.2. The predicted octanol–water partition coefficient (Wildman–Crippen LogP) is -2.35. The Balaban J connectivity index is -0.000000932. The van der Waals surface area contributed by atoms with Crippen molar-refractivity contribution in [2.75, 3.05) is 26.2 Å². The van der Waals surface area contributed by atoms with Crippen LogP contribution in [0.2, 0.25) is 0 Å². The molecule has 0 heterocycles. The Hall–Kier alpha value is -4.85. The number of aliphatic carboxylic acids is 1. The molecule has 0 radical (unpaired) electrons.